The van der Waals surface area contributed by atoms with Crippen LogP contribution in [0.1, 0.15) is 31.2 Å². The van der Waals surface area contributed by atoms with E-state index in [4.69, 9.17) is 0 Å². The Hall–Kier alpha value is -1.91. The molecule has 1 saturated carbocycles. The Kier molecular flexibility index (Phi) is 2.77. The van der Waals surface area contributed by atoms with Crippen LogP contribution in [0.25, 0.3) is 0 Å². The van der Waals surface area contributed by atoms with Crippen molar-refractivity contribution in [2.75, 3.05) is 13.1 Å². The maximum atomic E-state index is 12.5. The average Bonchev–Trinajstić information content (AvgIpc) is 3.05. The summed E-state index contributed by atoms with van der Waals surface area (Å²) in [6.07, 6.45) is 3.89. The van der Waals surface area contributed by atoms with Crippen molar-refractivity contribution in [3.8, 4) is 0 Å². The number of nitro benzene ring substituents is 1. The number of likely N-dealkylation sites (tertiary alicyclic amines) is 1. The van der Waals surface area contributed by atoms with Crippen molar-refractivity contribution in [2.24, 2.45) is 0 Å². The van der Waals surface area contributed by atoms with Gasteiger partial charge in [-0.3, -0.25) is 14.9 Å². The maximum Gasteiger partial charge on any atom is 0.269 e. The Balaban J connectivity index is 1.84. The van der Waals surface area contributed by atoms with Crippen LogP contribution in [0.5, 0.6) is 0 Å². The molecule has 5 heteroatoms. The van der Waals surface area contributed by atoms with Crippen molar-refractivity contribution in [1.29, 1.82) is 0 Å². The molecule has 1 aliphatic carbocycles. The highest BCUT2D eigenvalue weighted by Crippen LogP contribution is 2.50. The first-order valence-corrected chi connectivity index (χ1v) is 6.68. The van der Waals surface area contributed by atoms with Crippen LogP contribution in [-0.2, 0) is 10.2 Å². The maximum absolute atomic E-state index is 12.5. The molecule has 1 saturated heterocycles. The molecule has 0 N–H and O–H groups in total. The van der Waals surface area contributed by atoms with Crippen molar-refractivity contribution in [3.05, 3.63) is 39.9 Å². The van der Waals surface area contributed by atoms with Gasteiger partial charge in [-0.1, -0.05) is 12.1 Å². The summed E-state index contributed by atoms with van der Waals surface area (Å²) in [5.74, 6) is 0.207. The van der Waals surface area contributed by atoms with Gasteiger partial charge < -0.3 is 4.90 Å². The molecule has 100 valence electrons. The van der Waals surface area contributed by atoms with Gasteiger partial charge in [0.25, 0.3) is 5.69 Å². The SMILES string of the molecule is O=C(N1CCCC1)C1(c2ccc([N+](=O)[O-])cc2)CC1. The van der Waals surface area contributed by atoms with Crippen molar-refractivity contribution in [1.82, 2.24) is 4.90 Å². The van der Waals surface area contributed by atoms with Crippen molar-refractivity contribution < 1.29 is 9.72 Å². The summed E-state index contributed by atoms with van der Waals surface area (Å²) in [5, 5.41) is 10.7. The second-order valence-corrected chi connectivity index (χ2v) is 5.39. The van der Waals surface area contributed by atoms with E-state index in [0.717, 1.165) is 44.3 Å². The Bertz CT molecular complexity index is 514. The van der Waals surface area contributed by atoms with E-state index >= 15 is 0 Å². The minimum atomic E-state index is -0.411. The van der Waals surface area contributed by atoms with E-state index in [0.29, 0.717) is 0 Å². The van der Waals surface area contributed by atoms with E-state index in [2.05, 4.69) is 0 Å². The molecule has 1 aromatic rings. The molecule has 1 amide bonds. The number of hydrogen-bond donors (Lipinski definition) is 0. The first-order chi connectivity index (χ1) is 9.13. The van der Waals surface area contributed by atoms with Gasteiger partial charge in [-0.2, -0.15) is 0 Å². The predicted octanol–water partition coefficient (Wildman–Crippen LogP) is 2.25. The lowest BCUT2D eigenvalue weighted by Gasteiger charge is -2.23. The van der Waals surface area contributed by atoms with Gasteiger partial charge in [0.2, 0.25) is 5.91 Å². The first kappa shape index (κ1) is 12.1. The lowest BCUT2D eigenvalue weighted by molar-refractivity contribution is -0.384. The molecule has 0 bridgehead atoms. The minimum absolute atomic E-state index is 0.0770. The first-order valence-electron chi connectivity index (χ1n) is 6.68. The third-order valence-corrected chi connectivity index (χ3v) is 4.18. The zero-order valence-electron chi connectivity index (χ0n) is 10.7. The quantitative estimate of drug-likeness (QED) is 0.618. The lowest BCUT2D eigenvalue weighted by atomic mass is 9.94. The Labute approximate surface area is 111 Å². The van der Waals surface area contributed by atoms with Crippen LogP contribution in [0, 0.1) is 10.1 Å². The summed E-state index contributed by atoms with van der Waals surface area (Å²) < 4.78 is 0. The number of rotatable bonds is 3. The molecule has 1 heterocycles. The number of amides is 1. The normalized spacial score (nSPS) is 20.3. The smallest absolute Gasteiger partial charge is 0.269 e. The third-order valence-electron chi connectivity index (χ3n) is 4.18. The summed E-state index contributed by atoms with van der Waals surface area (Å²) in [6.45, 7) is 1.71. The van der Waals surface area contributed by atoms with Crippen LogP contribution in [0.4, 0.5) is 5.69 Å². The standard InChI is InChI=1S/C14H16N2O3/c17-13(15-9-1-2-10-15)14(7-8-14)11-3-5-12(6-4-11)16(18)19/h3-6H,1-2,7-10H2. The molecular weight excluding hydrogens is 244 g/mol. The number of nitrogens with zero attached hydrogens (tertiary/aromatic N) is 2. The van der Waals surface area contributed by atoms with E-state index in [1.165, 1.54) is 12.1 Å². The number of nitro groups is 1. The molecule has 2 fully saturated rings. The van der Waals surface area contributed by atoms with E-state index in [-0.39, 0.29) is 17.0 Å². The third kappa shape index (κ3) is 1.99. The van der Waals surface area contributed by atoms with Gasteiger partial charge in [0.1, 0.15) is 0 Å². The lowest BCUT2D eigenvalue weighted by Crippen LogP contribution is -2.37. The van der Waals surface area contributed by atoms with Crippen LogP contribution in [-0.4, -0.2) is 28.8 Å². The molecule has 3 rings (SSSR count). The predicted molar refractivity (Wildman–Crippen MR) is 69.8 cm³/mol. The fraction of sp³-hybridized carbons (Fsp3) is 0.500. The van der Waals surface area contributed by atoms with Crippen molar-refractivity contribution in [3.63, 3.8) is 0 Å². The molecule has 1 aromatic carbocycles. The van der Waals surface area contributed by atoms with E-state index in [9.17, 15) is 14.9 Å². The number of hydrogen-bond acceptors (Lipinski definition) is 3. The van der Waals surface area contributed by atoms with Gasteiger partial charge in [0, 0.05) is 25.2 Å². The monoisotopic (exact) mass is 260 g/mol. The van der Waals surface area contributed by atoms with E-state index in [1.807, 2.05) is 4.90 Å². The molecule has 5 nitrogen and oxygen atoms in total. The van der Waals surface area contributed by atoms with E-state index < -0.39 is 4.92 Å². The summed E-state index contributed by atoms with van der Waals surface area (Å²) in [7, 11) is 0. The molecule has 2 aliphatic rings. The zero-order chi connectivity index (χ0) is 13.5. The topological polar surface area (TPSA) is 63.5 Å². The van der Waals surface area contributed by atoms with Crippen LogP contribution in [0.15, 0.2) is 24.3 Å². The number of benzene rings is 1. The summed E-state index contributed by atoms with van der Waals surface area (Å²) >= 11 is 0. The second-order valence-electron chi connectivity index (χ2n) is 5.39. The van der Waals surface area contributed by atoms with Gasteiger partial charge >= 0.3 is 0 Å². The number of carbonyl (C=O) groups excluding carboxylic acids is 1. The zero-order valence-corrected chi connectivity index (χ0v) is 10.7. The molecule has 0 unspecified atom stereocenters. The highest BCUT2D eigenvalue weighted by molar-refractivity contribution is 5.91. The van der Waals surface area contributed by atoms with E-state index in [1.54, 1.807) is 12.1 Å². The average molecular weight is 260 g/mol. The molecule has 0 aromatic heterocycles. The molecule has 19 heavy (non-hydrogen) atoms. The molecule has 0 atom stereocenters. The van der Waals surface area contributed by atoms with Crippen LogP contribution in [0.2, 0.25) is 0 Å². The van der Waals surface area contributed by atoms with Gasteiger partial charge in [-0.05, 0) is 31.2 Å². The van der Waals surface area contributed by atoms with Crippen LogP contribution < -0.4 is 0 Å². The fourth-order valence-electron chi connectivity index (χ4n) is 2.88. The number of non-ortho nitro benzene ring substituents is 1. The molecule has 1 aliphatic heterocycles. The molecule has 0 spiro atoms. The minimum Gasteiger partial charge on any atom is -0.342 e. The van der Waals surface area contributed by atoms with Gasteiger partial charge in [0.05, 0.1) is 10.3 Å². The van der Waals surface area contributed by atoms with Crippen molar-refractivity contribution >= 4 is 11.6 Å². The van der Waals surface area contributed by atoms with Crippen LogP contribution in [0.3, 0.4) is 0 Å². The second kappa shape index (κ2) is 4.33. The van der Waals surface area contributed by atoms with Crippen molar-refractivity contribution in [2.45, 2.75) is 31.1 Å². The van der Waals surface area contributed by atoms with Gasteiger partial charge in [-0.15, -0.1) is 0 Å². The van der Waals surface area contributed by atoms with Gasteiger partial charge in [0.15, 0.2) is 0 Å². The van der Waals surface area contributed by atoms with Crippen LogP contribution >= 0.6 is 0 Å². The molecular formula is C14H16N2O3. The largest absolute Gasteiger partial charge is 0.342 e. The highest BCUT2D eigenvalue weighted by Gasteiger charge is 2.53. The summed E-state index contributed by atoms with van der Waals surface area (Å²) in [4.78, 5) is 24.7. The summed E-state index contributed by atoms with van der Waals surface area (Å²) in [5.41, 5.74) is 0.614. The fourth-order valence-corrected chi connectivity index (χ4v) is 2.88. The summed E-state index contributed by atoms with van der Waals surface area (Å²) in [6, 6.07) is 6.46. The number of carbonyl (C=O) groups is 1. The van der Waals surface area contributed by atoms with Gasteiger partial charge in [-0.25, -0.2) is 0 Å². The highest BCUT2D eigenvalue weighted by atomic mass is 16.6. The Morgan fingerprint density at radius 3 is 2.21 bits per heavy atom. The Morgan fingerprint density at radius 2 is 1.74 bits per heavy atom. The molecule has 0 radical (unpaired) electrons. The Morgan fingerprint density at radius 1 is 1.16 bits per heavy atom.